The number of hydrogen-bond donors (Lipinski definition) is 0. The normalized spacial score (nSPS) is 10.2. The van der Waals surface area contributed by atoms with Crippen molar-refractivity contribution in [3.63, 3.8) is 0 Å². The van der Waals surface area contributed by atoms with Crippen molar-refractivity contribution in [2.45, 2.75) is 0 Å². The van der Waals surface area contributed by atoms with Crippen molar-refractivity contribution in [3.05, 3.63) is 42.0 Å². The van der Waals surface area contributed by atoms with Crippen LogP contribution in [0.15, 0.2) is 36.4 Å². The Labute approximate surface area is 71.2 Å². The molecule has 1 nitrogen and oxygen atoms in total. The summed E-state index contributed by atoms with van der Waals surface area (Å²) in [6.07, 6.45) is 3.08. The summed E-state index contributed by atoms with van der Waals surface area (Å²) in [5, 5.41) is -0.339. The highest BCUT2D eigenvalue weighted by Crippen LogP contribution is 2.00. The van der Waals surface area contributed by atoms with Crippen LogP contribution < -0.4 is 0 Å². The molecule has 0 saturated heterocycles. The van der Waals surface area contributed by atoms with E-state index in [1.807, 2.05) is 30.3 Å². The molecule has 0 heterocycles. The van der Waals surface area contributed by atoms with Gasteiger partial charge in [0.25, 0.3) is 0 Å². The van der Waals surface area contributed by atoms with Crippen LogP contribution in [0.1, 0.15) is 5.56 Å². The van der Waals surface area contributed by atoms with E-state index in [0.717, 1.165) is 5.56 Å². The van der Waals surface area contributed by atoms with Crippen molar-refractivity contribution in [2.24, 2.45) is 0 Å². The Morgan fingerprint density at radius 3 is 2.45 bits per heavy atom. The van der Waals surface area contributed by atoms with Gasteiger partial charge in [-0.25, -0.2) is 0 Å². The molecule has 0 aliphatic rings. The molecule has 0 saturated carbocycles. The van der Waals surface area contributed by atoms with E-state index in [2.05, 4.69) is 12.6 Å². The molecule has 1 rings (SSSR count). The van der Waals surface area contributed by atoms with Crippen molar-refractivity contribution < 1.29 is 4.79 Å². The van der Waals surface area contributed by atoms with E-state index >= 15 is 0 Å². The summed E-state index contributed by atoms with van der Waals surface area (Å²) in [7, 11) is 0. The molecule has 0 bridgehead atoms. The molecule has 1 aromatic carbocycles. The molecule has 0 N–H and O–H groups in total. The van der Waals surface area contributed by atoms with Crippen LogP contribution in [-0.2, 0) is 4.79 Å². The summed E-state index contributed by atoms with van der Waals surface area (Å²) in [4.78, 5) is 10.3. The minimum Gasteiger partial charge on any atom is -0.277 e. The van der Waals surface area contributed by atoms with Gasteiger partial charge in [0.1, 0.15) is 0 Å². The largest absolute Gasteiger partial charge is 0.277 e. The lowest BCUT2D eigenvalue weighted by atomic mass is 10.2. The maximum Gasteiger partial charge on any atom is 0.242 e. The Kier molecular flexibility index (Phi) is 2.81. The molecule has 0 atom stereocenters. The van der Waals surface area contributed by atoms with Gasteiger partial charge in [0.05, 0.1) is 0 Å². The van der Waals surface area contributed by atoms with Gasteiger partial charge >= 0.3 is 0 Å². The minimum atomic E-state index is -0.339. The molecular formula is C9H7OS. The van der Waals surface area contributed by atoms with E-state index in [1.54, 1.807) is 6.08 Å². The highest BCUT2D eigenvalue weighted by atomic mass is 32.1. The van der Waals surface area contributed by atoms with Crippen LogP contribution in [0.25, 0.3) is 6.08 Å². The third kappa shape index (κ3) is 2.96. The van der Waals surface area contributed by atoms with E-state index in [4.69, 9.17) is 0 Å². The van der Waals surface area contributed by atoms with Gasteiger partial charge in [-0.2, -0.15) is 0 Å². The average molecular weight is 163 g/mol. The fourth-order valence-electron chi connectivity index (χ4n) is 0.728. The predicted octanol–water partition coefficient (Wildman–Crippen LogP) is 2.42. The Balaban J connectivity index is 2.72. The second kappa shape index (κ2) is 3.88. The topological polar surface area (TPSA) is 17.1 Å². The molecule has 11 heavy (non-hydrogen) atoms. The zero-order valence-corrected chi connectivity index (χ0v) is 6.67. The maximum absolute atomic E-state index is 10.3. The molecular weight excluding hydrogens is 156 g/mol. The van der Waals surface area contributed by atoms with Crippen LogP contribution in [0.5, 0.6) is 0 Å². The van der Waals surface area contributed by atoms with E-state index in [9.17, 15) is 4.79 Å². The fraction of sp³-hybridized carbons (Fsp3) is 0. The number of carbonyl (C=O) groups excluding carboxylic acids is 1. The summed E-state index contributed by atoms with van der Waals surface area (Å²) in [5.74, 6) is 0. The molecule has 0 aliphatic heterocycles. The van der Waals surface area contributed by atoms with Crippen LogP contribution in [0.2, 0.25) is 0 Å². The van der Waals surface area contributed by atoms with E-state index in [0.29, 0.717) is 0 Å². The molecule has 0 aromatic heterocycles. The highest BCUT2D eigenvalue weighted by Gasteiger charge is 1.85. The lowest BCUT2D eigenvalue weighted by Crippen LogP contribution is -1.75. The van der Waals surface area contributed by atoms with Gasteiger partial charge < -0.3 is 0 Å². The number of rotatable bonds is 2. The SMILES string of the molecule is O=C([S])C=Cc1ccccc1. The number of carbonyl (C=O) groups is 1. The first-order valence-electron chi connectivity index (χ1n) is 3.23. The Hall–Kier alpha value is -1.15. The molecule has 55 valence electrons. The van der Waals surface area contributed by atoms with Crippen molar-refractivity contribution in [1.82, 2.24) is 0 Å². The van der Waals surface area contributed by atoms with E-state index < -0.39 is 0 Å². The molecule has 1 radical (unpaired) electrons. The van der Waals surface area contributed by atoms with E-state index in [1.165, 1.54) is 6.08 Å². The molecule has 0 aliphatic carbocycles. The Morgan fingerprint density at radius 1 is 1.27 bits per heavy atom. The van der Waals surface area contributed by atoms with Gasteiger partial charge in [-0.3, -0.25) is 4.79 Å². The van der Waals surface area contributed by atoms with Gasteiger partial charge in [0, 0.05) is 0 Å². The van der Waals surface area contributed by atoms with Crippen LogP contribution in [0, 0.1) is 0 Å². The lowest BCUT2D eigenvalue weighted by molar-refractivity contribution is -0.106. The van der Waals surface area contributed by atoms with Gasteiger partial charge in [-0.15, -0.1) is 0 Å². The van der Waals surface area contributed by atoms with Gasteiger partial charge in [0.2, 0.25) is 5.12 Å². The summed E-state index contributed by atoms with van der Waals surface area (Å²) in [6.45, 7) is 0. The molecule has 1 aromatic rings. The minimum absolute atomic E-state index is 0.339. The quantitative estimate of drug-likeness (QED) is 0.612. The van der Waals surface area contributed by atoms with Crippen LogP contribution in [0.4, 0.5) is 0 Å². The van der Waals surface area contributed by atoms with Crippen molar-refractivity contribution in [3.8, 4) is 0 Å². The summed E-state index contributed by atoms with van der Waals surface area (Å²) in [6, 6.07) is 9.57. The zero-order chi connectivity index (χ0) is 8.10. The molecule has 0 fully saturated rings. The second-order valence-electron chi connectivity index (χ2n) is 2.06. The highest BCUT2D eigenvalue weighted by molar-refractivity contribution is 7.97. The van der Waals surface area contributed by atoms with Gasteiger partial charge in [-0.05, 0) is 24.3 Å². The standard InChI is InChI=1S/C9H7OS/c10-9(11)7-6-8-4-2-1-3-5-8/h1-7H. The van der Waals surface area contributed by atoms with Crippen molar-refractivity contribution >= 4 is 23.8 Å². The third-order valence-electron chi connectivity index (χ3n) is 1.21. The van der Waals surface area contributed by atoms with Gasteiger partial charge in [0.15, 0.2) is 0 Å². The number of benzene rings is 1. The smallest absolute Gasteiger partial charge is 0.242 e. The molecule has 2 heteroatoms. The van der Waals surface area contributed by atoms with Crippen LogP contribution >= 0.6 is 12.6 Å². The van der Waals surface area contributed by atoms with Crippen LogP contribution in [0.3, 0.4) is 0 Å². The van der Waals surface area contributed by atoms with Crippen molar-refractivity contribution in [2.75, 3.05) is 0 Å². The first kappa shape index (κ1) is 7.95. The zero-order valence-electron chi connectivity index (χ0n) is 5.86. The third-order valence-corrected chi connectivity index (χ3v) is 1.35. The summed E-state index contributed by atoms with van der Waals surface area (Å²) < 4.78 is 0. The van der Waals surface area contributed by atoms with E-state index in [-0.39, 0.29) is 5.12 Å². The molecule has 0 amide bonds. The summed E-state index contributed by atoms with van der Waals surface area (Å²) in [5.41, 5.74) is 0.991. The summed E-state index contributed by atoms with van der Waals surface area (Å²) >= 11 is 4.35. The Bertz CT molecular complexity index is 264. The first-order valence-corrected chi connectivity index (χ1v) is 3.64. The van der Waals surface area contributed by atoms with Crippen LogP contribution in [-0.4, -0.2) is 5.12 Å². The first-order chi connectivity index (χ1) is 5.29. The second-order valence-corrected chi connectivity index (χ2v) is 2.47. The van der Waals surface area contributed by atoms with Crippen molar-refractivity contribution in [1.29, 1.82) is 0 Å². The monoisotopic (exact) mass is 163 g/mol. The lowest BCUT2D eigenvalue weighted by Gasteiger charge is -1.87. The van der Waals surface area contributed by atoms with Gasteiger partial charge in [-0.1, -0.05) is 36.4 Å². The number of hydrogen-bond acceptors (Lipinski definition) is 1. The Morgan fingerprint density at radius 2 is 1.91 bits per heavy atom. The predicted molar refractivity (Wildman–Crippen MR) is 48.1 cm³/mol. The maximum atomic E-state index is 10.3. The molecule has 0 spiro atoms. The average Bonchev–Trinajstić information content (AvgIpc) is 2.03. The fourth-order valence-corrected chi connectivity index (χ4v) is 0.796. The molecule has 0 unspecified atom stereocenters.